The van der Waals surface area contributed by atoms with E-state index in [-0.39, 0.29) is 23.7 Å². The van der Waals surface area contributed by atoms with Crippen LogP contribution in [0.4, 0.5) is 5.69 Å². The number of nitrogens with zero attached hydrogens (tertiary/aromatic N) is 2. The summed E-state index contributed by atoms with van der Waals surface area (Å²) in [5.74, 6) is -6.48. The lowest BCUT2D eigenvalue weighted by Gasteiger charge is -2.50. The van der Waals surface area contributed by atoms with Crippen LogP contribution in [0.1, 0.15) is 29.9 Å². The van der Waals surface area contributed by atoms with Gasteiger partial charge >= 0.3 is 0 Å². The van der Waals surface area contributed by atoms with Crippen LogP contribution in [0.3, 0.4) is 0 Å². The van der Waals surface area contributed by atoms with Crippen molar-refractivity contribution in [1.82, 2.24) is 5.06 Å². The Labute approximate surface area is 254 Å². The molecule has 7 rings (SSSR count). The molecule has 2 aliphatic carbocycles. The monoisotopic (exact) mass is 646 g/mol. The molecule has 2 saturated heterocycles. The molecule has 10 heteroatoms. The summed E-state index contributed by atoms with van der Waals surface area (Å²) < 4.78 is 0.656. The molecule has 0 aromatic heterocycles. The van der Waals surface area contributed by atoms with E-state index in [1.54, 1.807) is 48.5 Å². The molecule has 6 atom stereocenters. The average Bonchev–Trinajstić information content (AvgIpc) is 3.35. The molecule has 1 saturated carbocycles. The van der Waals surface area contributed by atoms with Gasteiger partial charge in [-0.3, -0.25) is 24.4 Å². The number of carbonyl (C=O) groups is 4. The van der Waals surface area contributed by atoms with Gasteiger partial charge in [-0.05, 0) is 60.7 Å². The highest BCUT2D eigenvalue weighted by atomic mass is 79.9. The Bertz CT molecular complexity index is 1730. The number of imide groups is 2. The van der Waals surface area contributed by atoms with Crippen molar-refractivity contribution < 1.29 is 29.5 Å². The number of hydrogen-bond donors (Lipinski definition) is 2. The van der Waals surface area contributed by atoms with Gasteiger partial charge in [0.1, 0.15) is 5.75 Å². The highest BCUT2D eigenvalue weighted by Gasteiger charge is 2.70. The van der Waals surface area contributed by atoms with Crippen molar-refractivity contribution in [1.29, 1.82) is 0 Å². The minimum absolute atomic E-state index is 0.0695. The molecular weight excluding hydrogens is 624 g/mol. The Balaban J connectivity index is 1.54. The van der Waals surface area contributed by atoms with E-state index < -0.39 is 58.6 Å². The fourth-order valence-corrected chi connectivity index (χ4v) is 8.39. The van der Waals surface area contributed by atoms with Crippen LogP contribution >= 0.6 is 27.5 Å². The van der Waals surface area contributed by atoms with Crippen LogP contribution in [0.2, 0.25) is 5.02 Å². The predicted molar refractivity (Wildman–Crippen MR) is 156 cm³/mol. The van der Waals surface area contributed by atoms with Gasteiger partial charge in [0.25, 0.3) is 11.8 Å². The number of phenolic OH excluding ortho intramolecular Hbond substituents is 1. The first-order valence-electron chi connectivity index (χ1n) is 13.6. The van der Waals surface area contributed by atoms with Gasteiger partial charge in [-0.25, -0.2) is 4.90 Å². The SMILES string of the molecule is O=C1C2CC=C3C(CC4C(=O)N(c5cccc(Cl)c5)C(=O)C4(c4ccccc4)C3c3cc(Br)ccc3O)C2C(=O)N1O. The molecule has 0 spiro atoms. The lowest BCUT2D eigenvalue weighted by molar-refractivity contribution is -0.173. The number of hydroxylamine groups is 2. The van der Waals surface area contributed by atoms with E-state index in [0.717, 1.165) is 0 Å². The summed E-state index contributed by atoms with van der Waals surface area (Å²) in [6.45, 7) is 0. The summed E-state index contributed by atoms with van der Waals surface area (Å²) >= 11 is 9.80. The lowest BCUT2D eigenvalue weighted by atomic mass is 9.49. The third kappa shape index (κ3) is 3.57. The highest BCUT2D eigenvalue weighted by Crippen LogP contribution is 2.65. The van der Waals surface area contributed by atoms with Gasteiger partial charge in [0.15, 0.2) is 0 Å². The van der Waals surface area contributed by atoms with Gasteiger partial charge in [-0.1, -0.05) is 75.6 Å². The van der Waals surface area contributed by atoms with Crippen molar-refractivity contribution >= 4 is 56.8 Å². The molecule has 3 fully saturated rings. The van der Waals surface area contributed by atoms with Gasteiger partial charge in [0, 0.05) is 21.0 Å². The van der Waals surface area contributed by atoms with Crippen LogP contribution in [0, 0.1) is 23.7 Å². The number of anilines is 1. The van der Waals surface area contributed by atoms with Crippen molar-refractivity contribution in [2.75, 3.05) is 4.90 Å². The van der Waals surface area contributed by atoms with Crippen LogP contribution in [0.5, 0.6) is 5.75 Å². The second-order valence-electron chi connectivity index (χ2n) is 11.3. The molecule has 4 amide bonds. The number of carbonyl (C=O) groups excluding carboxylic acids is 4. The Morgan fingerprint density at radius 2 is 1.64 bits per heavy atom. The van der Waals surface area contributed by atoms with E-state index in [1.165, 1.54) is 11.0 Å². The Morgan fingerprint density at radius 3 is 2.38 bits per heavy atom. The fraction of sp³-hybridized carbons (Fsp3) is 0.250. The number of halogens is 2. The Morgan fingerprint density at radius 1 is 0.881 bits per heavy atom. The van der Waals surface area contributed by atoms with Crippen LogP contribution < -0.4 is 4.90 Å². The molecular formula is C32H24BrClN2O6. The second kappa shape index (κ2) is 9.62. The van der Waals surface area contributed by atoms with Crippen molar-refractivity contribution in [3.05, 3.63) is 105 Å². The standard InChI is InChI=1S/C32H24BrClN2O6/c33-17-9-12-25(37)23(13-17)27-20-10-11-21-26(30(40)36(42)28(21)38)22(20)15-24-29(39)35(19-8-4-7-18(34)14-19)31(41)32(24,27)16-5-2-1-3-6-16/h1-10,12-14,21-22,24,26-27,37,42H,11,15H2. The van der Waals surface area contributed by atoms with Gasteiger partial charge in [0.05, 0.1) is 28.9 Å². The Hall–Kier alpha value is -3.79. The van der Waals surface area contributed by atoms with Crippen LogP contribution in [0.15, 0.2) is 88.9 Å². The van der Waals surface area contributed by atoms with Crippen LogP contribution in [-0.2, 0) is 24.6 Å². The molecule has 42 heavy (non-hydrogen) atoms. The maximum Gasteiger partial charge on any atom is 0.257 e. The summed E-state index contributed by atoms with van der Waals surface area (Å²) in [5, 5.41) is 22.2. The number of phenols is 1. The molecule has 0 bridgehead atoms. The first-order valence-corrected chi connectivity index (χ1v) is 14.8. The summed E-state index contributed by atoms with van der Waals surface area (Å²) in [7, 11) is 0. The van der Waals surface area contributed by atoms with Gasteiger partial charge < -0.3 is 5.11 Å². The molecule has 0 radical (unpaired) electrons. The summed E-state index contributed by atoms with van der Waals surface area (Å²) in [5.41, 5.74) is 0.539. The van der Waals surface area contributed by atoms with E-state index in [4.69, 9.17) is 11.6 Å². The van der Waals surface area contributed by atoms with Crippen LogP contribution in [0.25, 0.3) is 0 Å². The number of hydrogen-bond acceptors (Lipinski definition) is 6. The molecule has 2 aliphatic heterocycles. The number of fused-ring (bicyclic) bond motifs is 4. The third-order valence-corrected chi connectivity index (χ3v) is 10.2. The number of benzene rings is 3. The van der Waals surface area contributed by atoms with Crippen molar-refractivity contribution in [2.24, 2.45) is 23.7 Å². The number of amides is 4. The van der Waals surface area contributed by atoms with E-state index >= 15 is 4.79 Å². The number of allylic oxidation sites excluding steroid dienone is 2. The largest absolute Gasteiger partial charge is 0.508 e. The van der Waals surface area contributed by atoms with Crippen molar-refractivity contribution in [3.8, 4) is 5.75 Å². The molecule has 212 valence electrons. The third-order valence-electron chi connectivity index (χ3n) is 9.44. The topological polar surface area (TPSA) is 115 Å². The van der Waals surface area contributed by atoms with Gasteiger partial charge in [-0.15, -0.1) is 0 Å². The molecule has 2 heterocycles. The molecule has 4 aliphatic rings. The maximum absolute atomic E-state index is 15.0. The molecule has 3 aromatic rings. The minimum atomic E-state index is -1.49. The van der Waals surface area contributed by atoms with E-state index in [1.807, 2.05) is 24.3 Å². The first-order chi connectivity index (χ1) is 20.2. The highest BCUT2D eigenvalue weighted by molar-refractivity contribution is 9.10. The first kappa shape index (κ1) is 27.1. The van der Waals surface area contributed by atoms with Gasteiger partial charge in [-0.2, -0.15) is 5.06 Å². The van der Waals surface area contributed by atoms with Crippen LogP contribution in [-0.4, -0.2) is 39.0 Å². The maximum atomic E-state index is 15.0. The summed E-state index contributed by atoms with van der Waals surface area (Å²) in [6.07, 6.45) is 2.14. The normalized spacial score (nSPS) is 30.3. The zero-order valence-electron chi connectivity index (χ0n) is 22.0. The van der Waals surface area contributed by atoms with E-state index in [2.05, 4.69) is 15.9 Å². The van der Waals surface area contributed by atoms with Gasteiger partial charge in [0.2, 0.25) is 11.8 Å². The van der Waals surface area contributed by atoms with Crippen molar-refractivity contribution in [3.63, 3.8) is 0 Å². The Kier molecular flexibility index (Phi) is 6.20. The summed E-state index contributed by atoms with van der Waals surface area (Å²) in [6, 6.07) is 20.5. The molecule has 6 unspecified atom stereocenters. The summed E-state index contributed by atoms with van der Waals surface area (Å²) in [4.78, 5) is 56.8. The minimum Gasteiger partial charge on any atom is -0.508 e. The lowest BCUT2D eigenvalue weighted by Crippen LogP contribution is -2.53. The molecule has 2 N–H and O–H groups in total. The quantitative estimate of drug-likeness (QED) is 0.225. The van der Waals surface area contributed by atoms with E-state index in [9.17, 15) is 24.7 Å². The fourth-order valence-electron chi connectivity index (χ4n) is 7.83. The smallest absolute Gasteiger partial charge is 0.257 e. The zero-order chi connectivity index (χ0) is 29.5. The molecule has 8 nitrogen and oxygen atoms in total. The van der Waals surface area contributed by atoms with E-state index in [0.29, 0.717) is 31.9 Å². The number of aromatic hydroxyl groups is 1. The number of rotatable bonds is 3. The predicted octanol–water partition coefficient (Wildman–Crippen LogP) is 5.36. The molecule has 3 aromatic carbocycles. The second-order valence-corrected chi connectivity index (χ2v) is 12.6. The van der Waals surface area contributed by atoms with Crippen molar-refractivity contribution in [2.45, 2.75) is 24.2 Å². The average molecular weight is 648 g/mol. The zero-order valence-corrected chi connectivity index (χ0v) is 24.3.